The summed E-state index contributed by atoms with van der Waals surface area (Å²) in [5.74, 6) is 0.354. The number of anilines is 1. The van der Waals surface area contributed by atoms with Crippen LogP contribution in [0.25, 0.3) is 0 Å². The molecule has 1 atom stereocenters. The number of fused-ring (bicyclic) bond motifs is 1. The average molecular weight is 594 g/mol. The van der Waals surface area contributed by atoms with Crippen LogP contribution in [0.2, 0.25) is 0 Å². The maximum Gasteiger partial charge on any atom is 0.264 e. The maximum absolute atomic E-state index is 14.2. The van der Waals surface area contributed by atoms with Crippen LogP contribution in [0, 0.1) is 12.8 Å². The summed E-state index contributed by atoms with van der Waals surface area (Å²) in [6, 6.07) is 19.7. The van der Waals surface area contributed by atoms with Crippen molar-refractivity contribution in [1.82, 2.24) is 10.2 Å². The van der Waals surface area contributed by atoms with Crippen molar-refractivity contribution < 1.29 is 27.5 Å². The number of benzene rings is 3. The number of hydrogen-bond acceptors (Lipinski definition) is 6. The third-order valence-corrected chi connectivity index (χ3v) is 8.76. The summed E-state index contributed by atoms with van der Waals surface area (Å²) in [4.78, 5) is 29.0. The van der Waals surface area contributed by atoms with E-state index in [4.69, 9.17) is 9.47 Å². The number of amides is 2. The molecule has 0 aliphatic carbocycles. The van der Waals surface area contributed by atoms with E-state index >= 15 is 0 Å². The summed E-state index contributed by atoms with van der Waals surface area (Å²) in [5.41, 5.74) is 2.15. The molecule has 0 spiro atoms. The second-order valence-corrected chi connectivity index (χ2v) is 12.6. The molecule has 0 bridgehead atoms. The lowest BCUT2D eigenvalue weighted by atomic mass is 10.1. The number of sulfonamides is 1. The van der Waals surface area contributed by atoms with Gasteiger partial charge in [0.15, 0.2) is 11.5 Å². The highest BCUT2D eigenvalue weighted by Gasteiger charge is 2.34. The number of hydrogen-bond donors (Lipinski definition) is 1. The van der Waals surface area contributed by atoms with E-state index in [2.05, 4.69) is 5.32 Å². The molecule has 3 aromatic rings. The monoisotopic (exact) mass is 593 g/mol. The molecule has 3 aromatic carbocycles. The van der Waals surface area contributed by atoms with Crippen molar-refractivity contribution in [3.8, 4) is 11.5 Å². The van der Waals surface area contributed by atoms with Crippen molar-refractivity contribution >= 4 is 27.5 Å². The largest absolute Gasteiger partial charge is 0.486 e. The molecule has 1 N–H and O–H groups in total. The van der Waals surface area contributed by atoms with Crippen molar-refractivity contribution in [2.75, 3.05) is 30.6 Å². The minimum Gasteiger partial charge on any atom is -0.486 e. The SMILES string of the molecule is CCC(C(=O)NCC(C)C)N(Cc1ccc(C)cc1)C(=O)CN(c1ccc2c(c1)OCCO2)S(=O)(=O)c1ccccc1. The molecular weight excluding hydrogens is 554 g/mol. The third-order valence-electron chi connectivity index (χ3n) is 6.97. The Bertz CT molecular complexity index is 1480. The molecule has 224 valence electrons. The van der Waals surface area contributed by atoms with Gasteiger partial charge in [-0.05, 0) is 49.1 Å². The fourth-order valence-corrected chi connectivity index (χ4v) is 6.09. The van der Waals surface area contributed by atoms with Gasteiger partial charge in [0.2, 0.25) is 11.8 Å². The molecule has 9 nitrogen and oxygen atoms in total. The normalized spacial score (nSPS) is 13.4. The molecule has 0 aromatic heterocycles. The van der Waals surface area contributed by atoms with Crippen LogP contribution >= 0.6 is 0 Å². The molecule has 4 rings (SSSR count). The molecule has 1 unspecified atom stereocenters. The van der Waals surface area contributed by atoms with E-state index < -0.39 is 28.5 Å². The van der Waals surface area contributed by atoms with Crippen LogP contribution in [-0.4, -0.2) is 57.5 Å². The van der Waals surface area contributed by atoms with Crippen LogP contribution in [0.5, 0.6) is 11.5 Å². The fraction of sp³-hybridized carbons (Fsp3) is 0.375. The predicted molar refractivity (Wildman–Crippen MR) is 162 cm³/mol. The predicted octanol–water partition coefficient (Wildman–Crippen LogP) is 4.54. The Morgan fingerprint density at radius 2 is 1.60 bits per heavy atom. The number of ether oxygens (including phenoxy) is 2. The Morgan fingerprint density at radius 1 is 0.929 bits per heavy atom. The first-order chi connectivity index (χ1) is 20.1. The summed E-state index contributed by atoms with van der Waals surface area (Å²) in [5, 5.41) is 2.94. The van der Waals surface area contributed by atoms with E-state index in [1.54, 1.807) is 36.4 Å². The van der Waals surface area contributed by atoms with Crippen LogP contribution in [0.4, 0.5) is 5.69 Å². The highest BCUT2D eigenvalue weighted by molar-refractivity contribution is 7.92. The molecule has 0 saturated carbocycles. The van der Waals surface area contributed by atoms with Crippen LogP contribution < -0.4 is 19.1 Å². The molecule has 1 heterocycles. The van der Waals surface area contributed by atoms with E-state index in [1.807, 2.05) is 52.0 Å². The highest BCUT2D eigenvalue weighted by Crippen LogP contribution is 2.36. The zero-order valence-corrected chi connectivity index (χ0v) is 25.4. The number of rotatable bonds is 12. The third kappa shape index (κ3) is 7.42. The Hall–Kier alpha value is -4.05. The molecule has 0 fully saturated rings. The first-order valence-electron chi connectivity index (χ1n) is 14.2. The second kappa shape index (κ2) is 13.7. The van der Waals surface area contributed by atoms with Crippen LogP contribution in [0.15, 0.2) is 77.7 Å². The Balaban J connectivity index is 1.73. The lowest BCUT2D eigenvalue weighted by Gasteiger charge is -2.33. The Kier molecular flexibility index (Phi) is 10.1. The van der Waals surface area contributed by atoms with Crippen molar-refractivity contribution in [1.29, 1.82) is 0 Å². The quantitative estimate of drug-likeness (QED) is 0.331. The van der Waals surface area contributed by atoms with Gasteiger partial charge in [-0.15, -0.1) is 0 Å². The summed E-state index contributed by atoms with van der Waals surface area (Å²) in [6.07, 6.45) is 0.358. The van der Waals surface area contributed by atoms with Crippen LogP contribution in [-0.2, 0) is 26.2 Å². The first-order valence-corrected chi connectivity index (χ1v) is 15.6. The Morgan fingerprint density at radius 3 is 2.24 bits per heavy atom. The summed E-state index contributed by atoms with van der Waals surface area (Å²) >= 11 is 0. The van der Waals surface area contributed by atoms with Crippen molar-refractivity contribution in [2.45, 2.75) is 51.6 Å². The van der Waals surface area contributed by atoms with Gasteiger partial charge in [-0.3, -0.25) is 13.9 Å². The topological polar surface area (TPSA) is 105 Å². The standard InChI is InChI=1S/C32H39N3O6S/c1-5-28(32(37)33-20-23(2)3)34(21-25-13-11-24(4)12-14-25)31(36)22-35(42(38,39)27-9-7-6-8-10-27)26-15-16-29-30(19-26)41-18-17-40-29/h6-16,19,23,28H,5,17-18,20-22H2,1-4H3,(H,33,37). The minimum absolute atomic E-state index is 0.0412. The summed E-state index contributed by atoms with van der Waals surface area (Å²) in [7, 11) is -4.17. The second-order valence-electron chi connectivity index (χ2n) is 10.7. The molecular formula is C32H39N3O6S. The van der Waals surface area contributed by atoms with E-state index in [-0.39, 0.29) is 29.0 Å². The van der Waals surface area contributed by atoms with E-state index in [0.29, 0.717) is 37.7 Å². The summed E-state index contributed by atoms with van der Waals surface area (Å²) < 4.78 is 40.4. The van der Waals surface area contributed by atoms with Crippen molar-refractivity contribution in [2.24, 2.45) is 5.92 Å². The molecule has 42 heavy (non-hydrogen) atoms. The smallest absolute Gasteiger partial charge is 0.264 e. The van der Waals surface area contributed by atoms with Gasteiger partial charge in [-0.2, -0.15) is 0 Å². The van der Waals surface area contributed by atoms with E-state index in [9.17, 15) is 18.0 Å². The zero-order valence-electron chi connectivity index (χ0n) is 24.6. The number of carbonyl (C=O) groups excluding carboxylic acids is 2. The molecule has 0 saturated heterocycles. The van der Waals surface area contributed by atoms with Gasteiger partial charge in [0.05, 0.1) is 10.6 Å². The van der Waals surface area contributed by atoms with Gasteiger partial charge in [0.1, 0.15) is 25.8 Å². The van der Waals surface area contributed by atoms with E-state index in [0.717, 1.165) is 15.4 Å². The highest BCUT2D eigenvalue weighted by atomic mass is 32.2. The Labute approximate surface area is 248 Å². The van der Waals surface area contributed by atoms with Gasteiger partial charge in [-0.25, -0.2) is 8.42 Å². The van der Waals surface area contributed by atoms with E-state index in [1.165, 1.54) is 17.0 Å². The van der Waals surface area contributed by atoms with Gasteiger partial charge in [-0.1, -0.05) is 68.8 Å². The van der Waals surface area contributed by atoms with Crippen LogP contribution in [0.1, 0.15) is 38.3 Å². The molecule has 2 amide bonds. The minimum atomic E-state index is -4.17. The van der Waals surface area contributed by atoms with Crippen LogP contribution in [0.3, 0.4) is 0 Å². The maximum atomic E-state index is 14.2. The molecule has 0 radical (unpaired) electrons. The number of nitrogens with one attached hydrogen (secondary N) is 1. The average Bonchev–Trinajstić information content (AvgIpc) is 2.99. The van der Waals surface area contributed by atoms with Gasteiger partial charge in [0.25, 0.3) is 10.0 Å². The molecule has 1 aliphatic heterocycles. The fourth-order valence-electron chi connectivity index (χ4n) is 4.67. The molecule has 1 aliphatic rings. The number of nitrogens with zero attached hydrogens (tertiary/aromatic N) is 2. The number of carbonyl (C=O) groups is 2. The van der Waals surface area contributed by atoms with Gasteiger partial charge < -0.3 is 19.7 Å². The lowest BCUT2D eigenvalue weighted by molar-refractivity contribution is -0.140. The molecule has 10 heteroatoms. The zero-order chi connectivity index (χ0) is 30.3. The lowest BCUT2D eigenvalue weighted by Crippen LogP contribution is -2.52. The van der Waals surface area contributed by atoms with Crippen molar-refractivity contribution in [3.05, 3.63) is 83.9 Å². The first kappa shape index (κ1) is 30.9. The van der Waals surface area contributed by atoms with Gasteiger partial charge in [0, 0.05) is 19.2 Å². The van der Waals surface area contributed by atoms with Gasteiger partial charge >= 0.3 is 0 Å². The number of aryl methyl sites for hydroxylation is 1. The summed E-state index contributed by atoms with van der Waals surface area (Å²) in [6.45, 7) is 8.62. The van der Waals surface area contributed by atoms with Crippen molar-refractivity contribution in [3.63, 3.8) is 0 Å².